The third-order valence-corrected chi connectivity index (χ3v) is 5.25. The third kappa shape index (κ3) is 3.76. The van der Waals surface area contributed by atoms with Crippen LogP contribution in [0.4, 0.5) is 0 Å². The summed E-state index contributed by atoms with van der Waals surface area (Å²) in [7, 11) is 0. The topological polar surface area (TPSA) is 60.5 Å². The first kappa shape index (κ1) is 17.8. The lowest BCUT2D eigenvalue weighted by atomic mass is 10.2. The van der Waals surface area contributed by atoms with Crippen LogP contribution >= 0.6 is 0 Å². The van der Waals surface area contributed by atoms with Crippen LogP contribution in [0.1, 0.15) is 42.8 Å². The van der Waals surface area contributed by atoms with Crippen molar-refractivity contribution < 1.29 is 13.9 Å². The maximum Gasteiger partial charge on any atom is 0.341 e. The van der Waals surface area contributed by atoms with E-state index in [4.69, 9.17) is 9.15 Å². The van der Waals surface area contributed by atoms with Gasteiger partial charge >= 0.3 is 5.97 Å². The second-order valence-electron chi connectivity index (χ2n) is 7.11. The zero-order chi connectivity index (χ0) is 18.8. The molecule has 0 bridgehead atoms. The van der Waals surface area contributed by atoms with E-state index in [1.807, 2.05) is 18.2 Å². The van der Waals surface area contributed by atoms with Gasteiger partial charge in [-0.3, -0.25) is 0 Å². The molecule has 0 spiro atoms. The molecule has 1 aliphatic heterocycles. The molecule has 0 radical (unpaired) electrons. The summed E-state index contributed by atoms with van der Waals surface area (Å²) in [5, 5.41) is 5.33. The van der Waals surface area contributed by atoms with Gasteiger partial charge in [-0.1, -0.05) is 0 Å². The number of rotatable bonds is 6. The predicted molar refractivity (Wildman–Crippen MR) is 103 cm³/mol. The van der Waals surface area contributed by atoms with E-state index >= 15 is 0 Å². The molecule has 0 unspecified atom stereocenters. The van der Waals surface area contributed by atoms with Gasteiger partial charge in [0.05, 0.1) is 24.1 Å². The van der Waals surface area contributed by atoms with Crippen LogP contribution in [0.2, 0.25) is 0 Å². The van der Waals surface area contributed by atoms with E-state index in [-0.39, 0.29) is 5.97 Å². The maximum absolute atomic E-state index is 11.8. The van der Waals surface area contributed by atoms with Crippen molar-refractivity contribution in [2.45, 2.75) is 39.2 Å². The number of benzene rings is 1. The van der Waals surface area contributed by atoms with Gasteiger partial charge in [-0.2, -0.15) is 5.10 Å². The Labute approximate surface area is 158 Å². The van der Waals surface area contributed by atoms with Crippen LogP contribution in [0.3, 0.4) is 0 Å². The summed E-state index contributed by atoms with van der Waals surface area (Å²) in [6, 6.07) is 8.71. The normalized spacial score (nSPS) is 17.6. The van der Waals surface area contributed by atoms with Crippen molar-refractivity contribution in [2.24, 2.45) is 0 Å². The van der Waals surface area contributed by atoms with Crippen LogP contribution in [0.5, 0.6) is 0 Å². The second-order valence-corrected chi connectivity index (χ2v) is 7.11. The van der Waals surface area contributed by atoms with Crippen LogP contribution in [-0.4, -0.2) is 46.4 Å². The monoisotopic (exact) mass is 367 g/mol. The van der Waals surface area contributed by atoms with Gasteiger partial charge in [-0.25, -0.2) is 9.48 Å². The number of hydrogen-bond donors (Lipinski definition) is 0. The second kappa shape index (κ2) is 7.56. The minimum Gasteiger partial charge on any atom is -0.462 e. The molecule has 2 aromatic heterocycles. The molecule has 1 fully saturated rings. The van der Waals surface area contributed by atoms with E-state index in [1.165, 1.54) is 25.6 Å². The average molecular weight is 367 g/mol. The Balaban J connectivity index is 1.50. The Kier molecular flexibility index (Phi) is 4.99. The fourth-order valence-corrected chi connectivity index (χ4v) is 3.71. The summed E-state index contributed by atoms with van der Waals surface area (Å²) in [6.45, 7) is 6.66. The average Bonchev–Trinajstić information content (AvgIpc) is 3.38. The molecular formula is C21H25N3O3. The molecule has 3 heterocycles. The van der Waals surface area contributed by atoms with Crippen LogP contribution in [0.15, 0.2) is 41.1 Å². The molecule has 0 saturated carbocycles. The molecule has 3 aromatic rings. The van der Waals surface area contributed by atoms with Gasteiger partial charge in [-0.05, 0) is 57.5 Å². The first-order valence-electron chi connectivity index (χ1n) is 9.62. The number of furan rings is 1. The maximum atomic E-state index is 11.8. The summed E-state index contributed by atoms with van der Waals surface area (Å²) in [5.41, 5.74) is 2.21. The number of esters is 1. The van der Waals surface area contributed by atoms with E-state index < -0.39 is 0 Å². The largest absolute Gasteiger partial charge is 0.462 e. The van der Waals surface area contributed by atoms with Crippen LogP contribution in [0.25, 0.3) is 16.7 Å². The molecule has 4 rings (SSSR count). The number of carbonyl (C=O) groups is 1. The quantitative estimate of drug-likeness (QED) is 0.620. The highest BCUT2D eigenvalue weighted by molar-refractivity contribution is 5.89. The number of hydrogen-bond acceptors (Lipinski definition) is 5. The molecule has 6 heteroatoms. The van der Waals surface area contributed by atoms with Crippen molar-refractivity contribution in [1.82, 2.24) is 14.7 Å². The van der Waals surface area contributed by atoms with Crippen LogP contribution in [-0.2, 0) is 11.2 Å². The molecule has 0 amide bonds. The number of likely N-dealkylation sites (tertiary alicyclic amines) is 1. The highest BCUT2D eigenvalue weighted by Gasteiger charge is 2.20. The Morgan fingerprint density at radius 2 is 2.26 bits per heavy atom. The van der Waals surface area contributed by atoms with E-state index in [0.29, 0.717) is 18.2 Å². The van der Waals surface area contributed by atoms with E-state index in [9.17, 15) is 4.79 Å². The summed E-state index contributed by atoms with van der Waals surface area (Å²) in [6.07, 6.45) is 6.72. The Hall–Kier alpha value is -2.60. The summed E-state index contributed by atoms with van der Waals surface area (Å²) < 4.78 is 12.7. The summed E-state index contributed by atoms with van der Waals surface area (Å²) in [5.74, 6) is 0.653. The molecular weight excluding hydrogens is 342 g/mol. The van der Waals surface area contributed by atoms with Gasteiger partial charge in [0.25, 0.3) is 0 Å². The Morgan fingerprint density at radius 3 is 3.04 bits per heavy atom. The molecule has 142 valence electrons. The Bertz CT molecular complexity index is 943. The SMILES string of the molecule is CCOC(=O)c1cnn(-c2ccc3oc(CCN4CCC[C@H]4C)cc3c2)c1. The standard InChI is InChI=1S/C21H25N3O3/c1-3-26-21(25)17-13-22-24(14-17)18-6-7-20-16(11-18)12-19(27-20)8-10-23-9-4-5-15(23)2/h6-7,11-15H,3-5,8-10H2,1-2H3/t15-/m1/s1. The van der Waals surface area contributed by atoms with Crippen molar-refractivity contribution in [1.29, 1.82) is 0 Å². The molecule has 1 atom stereocenters. The van der Waals surface area contributed by atoms with Crippen molar-refractivity contribution in [3.05, 3.63) is 48.0 Å². The lowest BCUT2D eigenvalue weighted by molar-refractivity contribution is 0.0526. The predicted octanol–water partition coefficient (Wildman–Crippen LogP) is 3.82. The fourth-order valence-electron chi connectivity index (χ4n) is 3.71. The van der Waals surface area contributed by atoms with E-state index in [2.05, 4.69) is 23.0 Å². The number of ether oxygens (including phenoxy) is 1. The molecule has 0 aliphatic carbocycles. The van der Waals surface area contributed by atoms with Gasteiger partial charge < -0.3 is 14.1 Å². The number of nitrogens with zero attached hydrogens (tertiary/aromatic N) is 3. The first-order chi connectivity index (χ1) is 13.1. The smallest absolute Gasteiger partial charge is 0.341 e. The number of aromatic nitrogens is 2. The molecule has 27 heavy (non-hydrogen) atoms. The first-order valence-corrected chi connectivity index (χ1v) is 9.62. The molecule has 1 aliphatic rings. The van der Waals surface area contributed by atoms with Crippen LogP contribution in [0, 0.1) is 0 Å². The van der Waals surface area contributed by atoms with E-state index in [1.54, 1.807) is 17.8 Å². The molecule has 6 nitrogen and oxygen atoms in total. The van der Waals surface area contributed by atoms with Gasteiger partial charge in [0.2, 0.25) is 0 Å². The number of carbonyl (C=O) groups excluding carboxylic acids is 1. The highest BCUT2D eigenvalue weighted by Crippen LogP contribution is 2.24. The minimum atomic E-state index is -0.355. The van der Waals surface area contributed by atoms with Crippen molar-refractivity contribution >= 4 is 16.9 Å². The third-order valence-electron chi connectivity index (χ3n) is 5.25. The van der Waals surface area contributed by atoms with Crippen LogP contribution < -0.4 is 0 Å². The van der Waals surface area contributed by atoms with Gasteiger partial charge in [0.1, 0.15) is 11.3 Å². The van der Waals surface area contributed by atoms with Gasteiger partial charge in [0.15, 0.2) is 0 Å². The van der Waals surface area contributed by atoms with Crippen molar-refractivity contribution in [2.75, 3.05) is 19.7 Å². The number of fused-ring (bicyclic) bond motifs is 1. The molecule has 0 N–H and O–H groups in total. The lowest BCUT2D eigenvalue weighted by Crippen LogP contribution is -2.28. The lowest BCUT2D eigenvalue weighted by Gasteiger charge is -2.19. The fraction of sp³-hybridized carbons (Fsp3) is 0.429. The highest BCUT2D eigenvalue weighted by atomic mass is 16.5. The van der Waals surface area contributed by atoms with Crippen molar-refractivity contribution in [3.8, 4) is 5.69 Å². The summed E-state index contributed by atoms with van der Waals surface area (Å²) >= 11 is 0. The summed E-state index contributed by atoms with van der Waals surface area (Å²) in [4.78, 5) is 14.3. The Morgan fingerprint density at radius 1 is 1.37 bits per heavy atom. The van der Waals surface area contributed by atoms with Gasteiger partial charge in [0, 0.05) is 30.6 Å². The zero-order valence-electron chi connectivity index (χ0n) is 15.9. The molecule has 1 saturated heterocycles. The van der Waals surface area contributed by atoms with Gasteiger partial charge in [-0.15, -0.1) is 0 Å². The zero-order valence-corrected chi connectivity index (χ0v) is 15.9. The molecule has 1 aromatic carbocycles. The van der Waals surface area contributed by atoms with E-state index in [0.717, 1.165) is 35.4 Å². The minimum absolute atomic E-state index is 0.351. The van der Waals surface area contributed by atoms with Crippen molar-refractivity contribution in [3.63, 3.8) is 0 Å².